The summed E-state index contributed by atoms with van der Waals surface area (Å²) in [6.45, 7) is 0.309. The lowest BCUT2D eigenvalue weighted by Gasteiger charge is -2.38. The van der Waals surface area contributed by atoms with Gasteiger partial charge >= 0.3 is 0 Å². The molecule has 3 rings (SSSR count). The van der Waals surface area contributed by atoms with Gasteiger partial charge in [0.15, 0.2) is 0 Å². The Labute approximate surface area is 134 Å². The van der Waals surface area contributed by atoms with Gasteiger partial charge in [0.1, 0.15) is 0 Å². The van der Waals surface area contributed by atoms with Crippen LogP contribution in [0.2, 0.25) is 0 Å². The SMILES string of the molecule is OCC1CC(NC(c2ccccc2)c2ccccc2Br)C1. The number of halogens is 1. The molecule has 1 aliphatic rings. The first-order chi connectivity index (χ1) is 10.3. The van der Waals surface area contributed by atoms with E-state index >= 15 is 0 Å². The van der Waals surface area contributed by atoms with Crippen molar-refractivity contribution in [1.82, 2.24) is 5.32 Å². The van der Waals surface area contributed by atoms with Crippen LogP contribution >= 0.6 is 15.9 Å². The zero-order valence-corrected chi connectivity index (χ0v) is 13.5. The van der Waals surface area contributed by atoms with Gasteiger partial charge in [-0.25, -0.2) is 0 Å². The van der Waals surface area contributed by atoms with Gasteiger partial charge in [-0.05, 0) is 36.0 Å². The van der Waals surface area contributed by atoms with Crippen LogP contribution in [-0.4, -0.2) is 17.8 Å². The second kappa shape index (κ2) is 6.73. The van der Waals surface area contributed by atoms with Crippen LogP contribution in [-0.2, 0) is 0 Å². The monoisotopic (exact) mass is 345 g/mol. The first-order valence-electron chi connectivity index (χ1n) is 7.44. The summed E-state index contributed by atoms with van der Waals surface area (Å²) in [5.41, 5.74) is 2.54. The summed E-state index contributed by atoms with van der Waals surface area (Å²) < 4.78 is 1.13. The van der Waals surface area contributed by atoms with E-state index in [0.29, 0.717) is 18.6 Å². The van der Waals surface area contributed by atoms with Crippen LogP contribution in [0.4, 0.5) is 0 Å². The molecule has 1 aliphatic carbocycles. The van der Waals surface area contributed by atoms with Gasteiger partial charge in [-0.15, -0.1) is 0 Å². The Hall–Kier alpha value is -1.16. The summed E-state index contributed by atoms with van der Waals surface area (Å²) in [6.07, 6.45) is 2.12. The molecule has 2 aromatic rings. The molecule has 2 N–H and O–H groups in total. The van der Waals surface area contributed by atoms with Crippen LogP contribution in [0.1, 0.15) is 30.0 Å². The minimum absolute atomic E-state index is 0.186. The molecule has 1 saturated carbocycles. The number of nitrogens with one attached hydrogen (secondary N) is 1. The highest BCUT2D eigenvalue weighted by Crippen LogP contribution is 2.33. The molecule has 2 nitrogen and oxygen atoms in total. The molecule has 110 valence electrons. The standard InChI is InChI=1S/C18H20BrNO/c19-17-9-5-4-8-16(17)18(14-6-2-1-3-7-14)20-15-10-13(11-15)12-21/h1-9,13,15,18,20-21H,10-12H2. The molecular formula is C18H20BrNO. The number of hydrogen-bond donors (Lipinski definition) is 2. The van der Waals surface area contributed by atoms with Crippen LogP contribution in [0.5, 0.6) is 0 Å². The Balaban J connectivity index is 1.84. The van der Waals surface area contributed by atoms with Crippen molar-refractivity contribution in [3.63, 3.8) is 0 Å². The Kier molecular flexibility index (Phi) is 4.73. The van der Waals surface area contributed by atoms with Crippen LogP contribution < -0.4 is 5.32 Å². The van der Waals surface area contributed by atoms with Gasteiger partial charge in [0.25, 0.3) is 0 Å². The fourth-order valence-electron chi connectivity index (χ4n) is 2.98. The van der Waals surface area contributed by atoms with E-state index in [1.54, 1.807) is 0 Å². The van der Waals surface area contributed by atoms with Gasteiger partial charge in [-0.2, -0.15) is 0 Å². The zero-order chi connectivity index (χ0) is 14.7. The second-order valence-electron chi connectivity index (χ2n) is 5.75. The predicted octanol–water partition coefficient (Wildman–Crippen LogP) is 3.90. The normalized spacial score (nSPS) is 22.6. The zero-order valence-electron chi connectivity index (χ0n) is 11.9. The van der Waals surface area contributed by atoms with Gasteiger partial charge in [0, 0.05) is 17.1 Å². The molecule has 1 unspecified atom stereocenters. The summed E-state index contributed by atoms with van der Waals surface area (Å²) in [4.78, 5) is 0. The molecule has 0 amide bonds. The van der Waals surface area contributed by atoms with Gasteiger partial charge in [-0.1, -0.05) is 64.5 Å². The van der Waals surface area contributed by atoms with Gasteiger partial charge in [0.05, 0.1) is 6.04 Å². The van der Waals surface area contributed by atoms with Crippen molar-refractivity contribution in [3.8, 4) is 0 Å². The van der Waals surface area contributed by atoms with E-state index in [2.05, 4.69) is 63.7 Å². The van der Waals surface area contributed by atoms with Gasteiger partial charge in [0.2, 0.25) is 0 Å². The van der Waals surface area contributed by atoms with Crippen molar-refractivity contribution in [2.24, 2.45) is 5.92 Å². The predicted molar refractivity (Wildman–Crippen MR) is 89.2 cm³/mol. The second-order valence-corrected chi connectivity index (χ2v) is 6.60. The fraction of sp³-hybridized carbons (Fsp3) is 0.333. The first kappa shape index (κ1) is 14.8. The van der Waals surface area contributed by atoms with E-state index in [1.807, 2.05) is 12.1 Å². The topological polar surface area (TPSA) is 32.3 Å². The highest BCUT2D eigenvalue weighted by molar-refractivity contribution is 9.10. The minimum Gasteiger partial charge on any atom is -0.396 e. The molecule has 0 aliphatic heterocycles. The smallest absolute Gasteiger partial charge is 0.0589 e. The number of aliphatic hydroxyl groups excluding tert-OH is 1. The maximum absolute atomic E-state index is 9.18. The summed E-state index contributed by atoms with van der Waals surface area (Å²) in [5.74, 6) is 0.470. The van der Waals surface area contributed by atoms with Crippen molar-refractivity contribution in [1.29, 1.82) is 0 Å². The minimum atomic E-state index is 0.186. The fourth-order valence-corrected chi connectivity index (χ4v) is 3.49. The Bertz CT molecular complexity index is 581. The molecule has 21 heavy (non-hydrogen) atoms. The van der Waals surface area contributed by atoms with Crippen molar-refractivity contribution in [2.45, 2.75) is 24.9 Å². The lowest BCUT2D eigenvalue weighted by molar-refractivity contribution is 0.123. The summed E-state index contributed by atoms with van der Waals surface area (Å²) in [6, 6.07) is 19.6. The Morgan fingerprint density at radius 3 is 2.38 bits per heavy atom. The van der Waals surface area contributed by atoms with E-state index in [0.717, 1.165) is 17.3 Å². The molecule has 0 heterocycles. The highest BCUT2D eigenvalue weighted by atomic mass is 79.9. The molecule has 0 spiro atoms. The lowest BCUT2D eigenvalue weighted by atomic mass is 9.80. The third-order valence-electron chi connectivity index (χ3n) is 4.25. The molecule has 2 aromatic carbocycles. The largest absolute Gasteiger partial charge is 0.396 e. The maximum Gasteiger partial charge on any atom is 0.0589 e. The third kappa shape index (κ3) is 3.37. The molecule has 0 aromatic heterocycles. The average Bonchev–Trinajstić information content (AvgIpc) is 2.48. The average molecular weight is 346 g/mol. The van der Waals surface area contributed by atoms with Crippen LogP contribution in [0.15, 0.2) is 59.1 Å². The van der Waals surface area contributed by atoms with Crippen molar-refractivity contribution < 1.29 is 5.11 Å². The molecule has 3 heteroatoms. The molecule has 0 radical (unpaired) electrons. The first-order valence-corrected chi connectivity index (χ1v) is 8.23. The summed E-state index contributed by atoms with van der Waals surface area (Å²) in [5, 5.41) is 12.9. The van der Waals surface area contributed by atoms with E-state index in [1.165, 1.54) is 11.1 Å². The molecular weight excluding hydrogens is 326 g/mol. The summed E-state index contributed by atoms with van der Waals surface area (Å²) in [7, 11) is 0. The number of aliphatic hydroxyl groups is 1. The van der Waals surface area contributed by atoms with Crippen molar-refractivity contribution >= 4 is 15.9 Å². The molecule has 0 saturated heterocycles. The Morgan fingerprint density at radius 1 is 1.05 bits per heavy atom. The van der Waals surface area contributed by atoms with Gasteiger partial charge in [-0.3, -0.25) is 0 Å². The van der Waals surface area contributed by atoms with E-state index in [-0.39, 0.29) is 6.04 Å². The number of benzene rings is 2. The number of rotatable bonds is 5. The van der Waals surface area contributed by atoms with Crippen molar-refractivity contribution in [2.75, 3.05) is 6.61 Å². The van der Waals surface area contributed by atoms with Crippen LogP contribution in [0.3, 0.4) is 0 Å². The van der Waals surface area contributed by atoms with E-state index in [4.69, 9.17) is 0 Å². The maximum atomic E-state index is 9.18. The Morgan fingerprint density at radius 2 is 1.71 bits per heavy atom. The van der Waals surface area contributed by atoms with Crippen LogP contribution in [0, 0.1) is 5.92 Å². The van der Waals surface area contributed by atoms with Crippen molar-refractivity contribution in [3.05, 3.63) is 70.2 Å². The number of hydrogen-bond acceptors (Lipinski definition) is 2. The molecule has 1 atom stereocenters. The lowest BCUT2D eigenvalue weighted by Crippen LogP contribution is -2.44. The molecule has 1 fully saturated rings. The van der Waals surface area contributed by atoms with Gasteiger partial charge < -0.3 is 10.4 Å². The van der Waals surface area contributed by atoms with E-state index < -0.39 is 0 Å². The third-order valence-corrected chi connectivity index (χ3v) is 4.97. The highest BCUT2D eigenvalue weighted by Gasteiger charge is 2.31. The molecule has 0 bridgehead atoms. The quantitative estimate of drug-likeness (QED) is 0.861. The summed E-state index contributed by atoms with van der Waals surface area (Å²) >= 11 is 3.67. The van der Waals surface area contributed by atoms with E-state index in [9.17, 15) is 5.11 Å². The van der Waals surface area contributed by atoms with Crippen LogP contribution in [0.25, 0.3) is 0 Å².